The molecule has 1 N–H and O–H groups in total. The van der Waals surface area contributed by atoms with E-state index in [0.29, 0.717) is 0 Å². The molecule has 72 valence electrons. The van der Waals surface area contributed by atoms with Crippen LogP contribution in [0.25, 0.3) is 0 Å². The number of H-pyrrole nitrogens is 1. The van der Waals surface area contributed by atoms with Crippen molar-refractivity contribution in [1.29, 1.82) is 0 Å². The Balaban J connectivity index is 2.95. The van der Waals surface area contributed by atoms with Gasteiger partial charge in [0.15, 0.2) is 0 Å². The monoisotopic (exact) mass is 180 g/mol. The number of ketones is 1. The van der Waals surface area contributed by atoms with Crippen LogP contribution in [0.5, 0.6) is 0 Å². The number of carbonyl (C=O) groups excluding carboxylic acids is 1. The highest BCUT2D eigenvalue weighted by Gasteiger charge is 2.32. The quantitative estimate of drug-likeness (QED) is 0.772. The second-order valence-corrected chi connectivity index (χ2v) is 4.11. The number of nitrogens with zero attached hydrogens (tertiary/aromatic N) is 1. The number of nitrogens with one attached hydrogen (secondary N) is 1. The van der Waals surface area contributed by atoms with E-state index in [-0.39, 0.29) is 11.7 Å². The molecule has 0 fully saturated rings. The number of Topliss-reactive ketones (excluding diaryl/α,β-unsaturated/α-hetero) is 1. The lowest BCUT2D eigenvalue weighted by Crippen LogP contribution is -2.33. The minimum atomic E-state index is -0.454. The van der Waals surface area contributed by atoms with Crippen molar-refractivity contribution in [2.24, 2.45) is 5.92 Å². The molecule has 0 atom stereocenters. The number of hydrogen-bond donors (Lipinski definition) is 1. The van der Waals surface area contributed by atoms with Crippen molar-refractivity contribution >= 4 is 5.78 Å². The predicted molar refractivity (Wildman–Crippen MR) is 51.5 cm³/mol. The second-order valence-electron chi connectivity index (χ2n) is 4.11. The molecule has 13 heavy (non-hydrogen) atoms. The van der Waals surface area contributed by atoms with E-state index in [1.165, 1.54) is 0 Å². The van der Waals surface area contributed by atoms with Crippen molar-refractivity contribution in [3.63, 3.8) is 0 Å². The van der Waals surface area contributed by atoms with Gasteiger partial charge in [0.05, 0.1) is 5.41 Å². The summed E-state index contributed by atoms with van der Waals surface area (Å²) in [5.74, 6) is 0.287. The average Bonchev–Trinajstić information content (AvgIpc) is 2.54. The number of carbonyl (C=O) groups is 1. The molecule has 0 aliphatic rings. The van der Waals surface area contributed by atoms with E-state index in [1.54, 1.807) is 6.20 Å². The highest BCUT2D eigenvalue weighted by Crippen LogP contribution is 2.25. The standard InChI is InChI=1S/C10H16N2O/c1-7(2)9(13)10(3,4)8-5-6-11-12-8/h5-7H,1-4H3,(H,11,12). The van der Waals surface area contributed by atoms with Crippen LogP contribution in [0.1, 0.15) is 33.4 Å². The van der Waals surface area contributed by atoms with Crippen molar-refractivity contribution in [3.8, 4) is 0 Å². The first-order valence-corrected chi connectivity index (χ1v) is 4.50. The van der Waals surface area contributed by atoms with Crippen LogP contribution >= 0.6 is 0 Å². The SMILES string of the molecule is CC(C)C(=O)C(C)(C)c1ccn[nH]1. The summed E-state index contributed by atoms with van der Waals surface area (Å²) in [5, 5.41) is 6.70. The summed E-state index contributed by atoms with van der Waals surface area (Å²) in [6.45, 7) is 7.67. The van der Waals surface area contributed by atoms with Gasteiger partial charge >= 0.3 is 0 Å². The number of rotatable bonds is 3. The Morgan fingerprint density at radius 1 is 1.54 bits per heavy atom. The van der Waals surface area contributed by atoms with Crippen LogP contribution in [0.15, 0.2) is 12.3 Å². The maximum Gasteiger partial charge on any atom is 0.146 e. The fraction of sp³-hybridized carbons (Fsp3) is 0.600. The minimum Gasteiger partial charge on any atom is -0.298 e. The summed E-state index contributed by atoms with van der Waals surface area (Å²) in [5.41, 5.74) is 0.427. The molecule has 0 spiro atoms. The van der Waals surface area contributed by atoms with Gasteiger partial charge in [0.2, 0.25) is 0 Å². The lowest BCUT2D eigenvalue weighted by molar-refractivity contribution is -0.126. The van der Waals surface area contributed by atoms with Gasteiger partial charge in [-0.3, -0.25) is 9.89 Å². The van der Waals surface area contributed by atoms with Crippen molar-refractivity contribution < 1.29 is 4.79 Å². The molecule has 0 aromatic carbocycles. The third-order valence-electron chi connectivity index (χ3n) is 2.31. The summed E-state index contributed by atoms with van der Waals surface area (Å²) in [4.78, 5) is 11.8. The molecule has 0 unspecified atom stereocenters. The van der Waals surface area contributed by atoms with Crippen molar-refractivity contribution in [3.05, 3.63) is 18.0 Å². The van der Waals surface area contributed by atoms with Crippen LogP contribution in [0, 0.1) is 5.92 Å². The minimum absolute atomic E-state index is 0.0540. The topological polar surface area (TPSA) is 45.8 Å². The third kappa shape index (κ3) is 1.79. The highest BCUT2D eigenvalue weighted by atomic mass is 16.1. The van der Waals surface area contributed by atoms with Crippen LogP contribution in [0.2, 0.25) is 0 Å². The fourth-order valence-electron chi connectivity index (χ4n) is 1.46. The van der Waals surface area contributed by atoms with Gasteiger partial charge in [-0.1, -0.05) is 13.8 Å². The summed E-state index contributed by atoms with van der Waals surface area (Å²) >= 11 is 0. The lowest BCUT2D eigenvalue weighted by Gasteiger charge is -2.23. The molecule has 1 heterocycles. The summed E-state index contributed by atoms with van der Waals surface area (Å²) in [7, 11) is 0. The van der Waals surface area contributed by atoms with E-state index in [4.69, 9.17) is 0 Å². The molecule has 3 heteroatoms. The molecule has 0 aliphatic heterocycles. The first-order chi connectivity index (χ1) is 5.96. The maximum absolute atomic E-state index is 11.8. The van der Waals surface area contributed by atoms with E-state index < -0.39 is 5.41 Å². The summed E-state index contributed by atoms with van der Waals surface area (Å²) in [6, 6.07) is 1.85. The van der Waals surface area contributed by atoms with Gasteiger partial charge in [-0.25, -0.2) is 0 Å². The summed E-state index contributed by atoms with van der Waals surface area (Å²) < 4.78 is 0. The lowest BCUT2D eigenvalue weighted by atomic mass is 9.80. The molecule has 0 radical (unpaired) electrons. The van der Waals surface area contributed by atoms with Gasteiger partial charge in [0.1, 0.15) is 5.78 Å². The van der Waals surface area contributed by atoms with Crippen LogP contribution in [0.3, 0.4) is 0 Å². The fourth-order valence-corrected chi connectivity index (χ4v) is 1.46. The molecule has 3 nitrogen and oxygen atoms in total. The molecular formula is C10H16N2O. The first kappa shape index (κ1) is 9.96. The zero-order chi connectivity index (χ0) is 10.1. The summed E-state index contributed by atoms with van der Waals surface area (Å²) in [6.07, 6.45) is 1.67. The Hall–Kier alpha value is -1.12. The molecule has 1 rings (SSSR count). The Labute approximate surface area is 78.5 Å². The number of hydrogen-bond acceptors (Lipinski definition) is 2. The maximum atomic E-state index is 11.8. The van der Waals surface area contributed by atoms with Crippen LogP contribution in [-0.4, -0.2) is 16.0 Å². The van der Waals surface area contributed by atoms with E-state index in [9.17, 15) is 4.79 Å². The zero-order valence-corrected chi connectivity index (χ0v) is 8.59. The molecule has 0 amide bonds. The Bertz CT molecular complexity index is 286. The molecule has 0 saturated heterocycles. The van der Waals surface area contributed by atoms with E-state index in [2.05, 4.69) is 10.2 Å². The van der Waals surface area contributed by atoms with E-state index in [1.807, 2.05) is 33.8 Å². The largest absolute Gasteiger partial charge is 0.298 e. The van der Waals surface area contributed by atoms with Crippen LogP contribution < -0.4 is 0 Å². The average molecular weight is 180 g/mol. The Kier molecular flexibility index (Phi) is 2.55. The van der Waals surface area contributed by atoms with Gasteiger partial charge in [-0.2, -0.15) is 5.10 Å². The normalized spacial score (nSPS) is 12.1. The van der Waals surface area contributed by atoms with Crippen molar-refractivity contribution in [1.82, 2.24) is 10.2 Å². The molecule has 0 bridgehead atoms. The van der Waals surface area contributed by atoms with Crippen LogP contribution in [-0.2, 0) is 10.2 Å². The highest BCUT2D eigenvalue weighted by molar-refractivity contribution is 5.90. The second kappa shape index (κ2) is 3.32. The van der Waals surface area contributed by atoms with Gasteiger partial charge in [-0.15, -0.1) is 0 Å². The smallest absolute Gasteiger partial charge is 0.146 e. The van der Waals surface area contributed by atoms with Gasteiger partial charge in [0, 0.05) is 17.8 Å². The van der Waals surface area contributed by atoms with Gasteiger partial charge in [-0.05, 0) is 19.9 Å². The van der Waals surface area contributed by atoms with E-state index >= 15 is 0 Å². The molecule has 0 saturated carbocycles. The van der Waals surface area contributed by atoms with E-state index in [0.717, 1.165) is 5.69 Å². The molecular weight excluding hydrogens is 164 g/mol. The Morgan fingerprint density at radius 2 is 2.15 bits per heavy atom. The van der Waals surface area contributed by atoms with Gasteiger partial charge < -0.3 is 0 Å². The third-order valence-corrected chi connectivity index (χ3v) is 2.31. The number of aromatic nitrogens is 2. The molecule has 1 aromatic rings. The van der Waals surface area contributed by atoms with Crippen molar-refractivity contribution in [2.45, 2.75) is 33.1 Å². The van der Waals surface area contributed by atoms with Gasteiger partial charge in [0.25, 0.3) is 0 Å². The van der Waals surface area contributed by atoms with Crippen LogP contribution in [0.4, 0.5) is 0 Å². The molecule has 0 aliphatic carbocycles. The zero-order valence-electron chi connectivity index (χ0n) is 8.59. The first-order valence-electron chi connectivity index (χ1n) is 4.50. The van der Waals surface area contributed by atoms with Crippen molar-refractivity contribution in [2.75, 3.05) is 0 Å². The number of aromatic amines is 1. The molecule has 1 aromatic heterocycles. The Morgan fingerprint density at radius 3 is 2.54 bits per heavy atom. The predicted octanol–water partition coefficient (Wildman–Crippen LogP) is 1.91.